The van der Waals surface area contributed by atoms with Gasteiger partial charge in [0.25, 0.3) is 0 Å². The molecule has 0 saturated heterocycles. The van der Waals surface area contributed by atoms with Crippen molar-refractivity contribution < 1.29 is 27.1 Å². The van der Waals surface area contributed by atoms with Crippen LogP contribution in [0.25, 0.3) is 11.4 Å². The molecule has 0 atom stereocenters. The summed E-state index contributed by atoms with van der Waals surface area (Å²) >= 11 is 0. The van der Waals surface area contributed by atoms with E-state index in [2.05, 4.69) is 16.7 Å². The standard InChI is InChI=1S/C19H17F4N3O2/c1-3-5-16(20)15(10-27)13(2)28-11-14-6-4-8-24-18(14)17-7-9-25-26(17)12-19(21,22)23/h3-10H,2,11-12H2,1H3/b5-3-,16-15+. The van der Waals surface area contributed by atoms with Gasteiger partial charge in [0.1, 0.15) is 24.7 Å². The van der Waals surface area contributed by atoms with Crippen LogP contribution in [0.15, 0.2) is 66.5 Å². The third-order valence-corrected chi connectivity index (χ3v) is 3.57. The van der Waals surface area contributed by atoms with Gasteiger partial charge in [-0.05, 0) is 25.1 Å². The van der Waals surface area contributed by atoms with Crippen molar-refractivity contribution in [2.24, 2.45) is 0 Å². The van der Waals surface area contributed by atoms with Crippen LogP contribution in [0.5, 0.6) is 0 Å². The van der Waals surface area contributed by atoms with E-state index >= 15 is 0 Å². The average molecular weight is 395 g/mol. The number of nitrogens with zero attached hydrogens (tertiary/aromatic N) is 3. The molecular weight excluding hydrogens is 378 g/mol. The molecule has 0 aliphatic carbocycles. The number of carbonyl (C=O) groups is 1. The number of alkyl halides is 3. The fraction of sp³-hybridized carbons (Fsp3) is 0.211. The average Bonchev–Trinajstić information content (AvgIpc) is 3.07. The summed E-state index contributed by atoms with van der Waals surface area (Å²) in [5.41, 5.74) is 0.436. The molecule has 2 heterocycles. The molecule has 0 N–H and O–H groups in total. The lowest BCUT2D eigenvalue weighted by molar-refractivity contribution is -0.142. The van der Waals surface area contributed by atoms with Gasteiger partial charge >= 0.3 is 6.18 Å². The molecule has 2 aromatic heterocycles. The highest BCUT2D eigenvalue weighted by atomic mass is 19.4. The quantitative estimate of drug-likeness (QED) is 0.217. The number of hydrogen-bond acceptors (Lipinski definition) is 4. The maximum Gasteiger partial charge on any atom is 0.408 e. The Labute approximate surface area is 158 Å². The predicted octanol–water partition coefficient (Wildman–Crippen LogP) is 4.54. The van der Waals surface area contributed by atoms with Crippen LogP contribution >= 0.6 is 0 Å². The minimum atomic E-state index is -4.45. The van der Waals surface area contributed by atoms with Gasteiger partial charge in [-0.1, -0.05) is 18.7 Å². The summed E-state index contributed by atoms with van der Waals surface area (Å²) in [5.74, 6) is -1.01. The summed E-state index contributed by atoms with van der Waals surface area (Å²) in [6, 6.07) is 4.56. The topological polar surface area (TPSA) is 57.0 Å². The zero-order valence-corrected chi connectivity index (χ0v) is 14.9. The van der Waals surface area contributed by atoms with Gasteiger partial charge in [-0.15, -0.1) is 0 Å². The lowest BCUT2D eigenvalue weighted by Crippen LogP contribution is -2.19. The second-order valence-corrected chi connectivity index (χ2v) is 5.59. The Kier molecular flexibility index (Phi) is 6.86. The Morgan fingerprint density at radius 2 is 2.07 bits per heavy atom. The summed E-state index contributed by atoms with van der Waals surface area (Å²) in [4.78, 5) is 15.2. The number of carbonyl (C=O) groups excluding carboxylic acids is 1. The minimum Gasteiger partial charge on any atom is -0.489 e. The molecule has 0 amide bonds. The molecular formula is C19H17F4N3O2. The first-order valence-electron chi connectivity index (χ1n) is 8.09. The zero-order valence-electron chi connectivity index (χ0n) is 14.9. The van der Waals surface area contributed by atoms with Crippen molar-refractivity contribution in [1.29, 1.82) is 0 Å². The molecule has 0 spiro atoms. The second-order valence-electron chi connectivity index (χ2n) is 5.59. The van der Waals surface area contributed by atoms with Crippen LogP contribution in [0.1, 0.15) is 12.5 Å². The molecule has 0 fully saturated rings. The zero-order chi connectivity index (χ0) is 20.7. The van der Waals surface area contributed by atoms with Crippen LogP contribution < -0.4 is 0 Å². The molecule has 28 heavy (non-hydrogen) atoms. The van der Waals surface area contributed by atoms with Gasteiger partial charge in [-0.3, -0.25) is 14.5 Å². The number of allylic oxidation sites excluding steroid dienone is 4. The Hall–Kier alpha value is -3.23. The predicted molar refractivity (Wildman–Crippen MR) is 94.5 cm³/mol. The Bertz CT molecular complexity index is 914. The van der Waals surface area contributed by atoms with Crippen molar-refractivity contribution in [3.8, 4) is 11.4 Å². The van der Waals surface area contributed by atoms with Crippen LogP contribution in [-0.2, 0) is 22.7 Å². The Morgan fingerprint density at radius 1 is 1.32 bits per heavy atom. The molecule has 0 bridgehead atoms. The number of ether oxygens (including phenoxy) is 1. The summed E-state index contributed by atoms with van der Waals surface area (Å²) in [5, 5.41) is 3.69. The van der Waals surface area contributed by atoms with Crippen molar-refractivity contribution >= 4 is 6.29 Å². The van der Waals surface area contributed by atoms with E-state index in [4.69, 9.17) is 4.74 Å². The Morgan fingerprint density at radius 3 is 2.71 bits per heavy atom. The van der Waals surface area contributed by atoms with Crippen molar-refractivity contribution in [2.45, 2.75) is 26.3 Å². The van der Waals surface area contributed by atoms with Crippen LogP contribution in [-0.4, -0.2) is 27.2 Å². The van der Waals surface area contributed by atoms with Crippen LogP contribution in [0.2, 0.25) is 0 Å². The molecule has 2 rings (SSSR count). The number of hydrogen-bond donors (Lipinski definition) is 0. The van der Waals surface area contributed by atoms with Crippen molar-refractivity contribution in [2.75, 3.05) is 0 Å². The normalized spacial score (nSPS) is 12.8. The molecule has 148 valence electrons. The van der Waals surface area contributed by atoms with E-state index in [1.165, 1.54) is 24.5 Å². The van der Waals surface area contributed by atoms with Gasteiger partial charge in [0.15, 0.2) is 6.29 Å². The fourth-order valence-electron chi connectivity index (χ4n) is 2.35. The van der Waals surface area contributed by atoms with Crippen LogP contribution in [0, 0.1) is 0 Å². The van der Waals surface area contributed by atoms with E-state index < -0.39 is 18.5 Å². The molecule has 0 aliphatic rings. The molecule has 0 radical (unpaired) electrons. The highest BCUT2D eigenvalue weighted by Crippen LogP contribution is 2.26. The monoisotopic (exact) mass is 395 g/mol. The van der Waals surface area contributed by atoms with E-state index in [-0.39, 0.29) is 35.6 Å². The van der Waals surface area contributed by atoms with Crippen molar-refractivity contribution in [3.63, 3.8) is 0 Å². The van der Waals surface area contributed by atoms with Crippen molar-refractivity contribution in [1.82, 2.24) is 14.8 Å². The van der Waals surface area contributed by atoms with E-state index in [0.717, 1.165) is 10.8 Å². The number of aromatic nitrogens is 3. The SMILES string of the molecule is C=C(OCc1cccnc1-c1ccnn1CC(F)(F)F)/C(C=O)=C(F)\C=C/C. The summed E-state index contributed by atoms with van der Waals surface area (Å²) in [6.45, 7) is 3.66. The molecule has 0 aromatic carbocycles. The lowest BCUT2D eigenvalue weighted by Gasteiger charge is -2.14. The maximum absolute atomic E-state index is 13.8. The summed E-state index contributed by atoms with van der Waals surface area (Å²) in [7, 11) is 0. The van der Waals surface area contributed by atoms with Crippen LogP contribution in [0.3, 0.4) is 0 Å². The van der Waals surface area contributed by atoms with Gasteiger partial charge in [-0.2, -0.15) is 18.3 Å². The molecule has 0 aliphatic heterocycles. The molecule has 0 saturated carbocycles. The van der Waals surface area contributed by atoms with Gasteiger partial charge in [0.05, 0.1) is 17.0 Å². The minimum absolute atomic E-state index is 0.147. The maximum atomic E-state index is 13.8. The smallest absolute Gasteiger partial charge is 0.408 e. The number of halogens is 4. The van der Waals surface area contributed by atoms with Gasteiger partial charge in [0, 0.05) is 18.0 Å². The summed E-state index contributed by atoms with van der Waals surface area (Å²) < 4.78 is 58.2. The number of aldehydes is 1. The second kappa shape index (κ2) is 9.12. The molecule has 5 nitrogen and oxygen atoms in total. The van der Waals surface area contributed by atoms with Gasteiger partial charge < -0.3 is 4.74 Å². The van der Waals surface area contributed by atoms with E-state index in [1.807, 2.05) is 0 Å². The van der Waals surface area contributed by atoms with E-state index in [1.54, 1.807) is 19.1 Å². The molecule has 2 aromatic rings. The van der Waals surface area contributed by atoms with E-state index in [0.29, 0.717) is 5.56 Å². The van der Waals surface area contributed by atoms with Gasteiger partial charge in [0.2, 0.25) is 0 Å². The van der Waals surface area contributed by atoms with Crippen LogP contribution in [0.4, 0.5) is 17.6 Å². The highest BCUT2D eigenvalue weighted by molar-refractivity contribution is 5.80. The van der Waals surface area contributed by atoms with E-state index in [9.17, 15) is 22.4 Å². The largest absolute Gasteiger partial charge is 0.489 e. The molecule has 9 heteroatoms. The summed E-state index contributed by atoms with van der Waals surface area (Å²) in [6.07, 6.45) is 0.978. The first-order valence-corrected chi connectivity index (χ1v) is 8.09. The third-order valence-electron chi connectivity index (χ3n) is 3.57. The highest BCUT2D eigenvalue weighted by Gasteiger charge is 2.30. The van der Waals surface area contributed by atoms with Crippen molar-refractivity contribution in [3.05, 3.63) is 72.0 Å². The molecule has 0 unspecified atom stereocenters. The first kappa shape index (κ1) is 21.1. The number of pyridine rings is 1. The first-order chi connectivity index (χ1) is 13.3. The lowest BCUT2D eigenvalue weighted by atomic mass is 10.1. The Balaban J connectivity index is 2.27. The van der Waals surface area contributed by atoms with Gasteiger partial charge in [-0.25, -0.2) is 4.39 Å². The third kappa shape index (κ3) is 5.38. The number of rotatable bonds is 8. The fourth-order valence-corrected chi connectivity index (χ4v) is 2.35.